The van der Waals surface area contributed by atoms with E-state index in [0.717, 1.165) is 10.0 Å². The van der Waals surface area contributed by atoms with Crippen molar-refractivity contribution in [1.29, 1.82) is 5.26 Å². The fourth-order valence-electron chi connectivity index (χ4n) is 1.08. The van der Waals surface area contributed by atoms with Gasteiger partial charge >= 0.3 is 0 Å². The third kappa shape index (κ3) is 2.90. The zero-order valence-electron chi connectivity index (χ0n) is 8.78. The van der Waals surface area contributed by atoms with Gasteiger partial charge in [0.15, 0.2) is 11.4 Å². The van der Waals surface area contributed by atoms with E-state index in [9.17, 15) is 5.11 Å². The van der Waals surface area contributed by atoms with Gasteiger partial charge in [0.1, 0.15) is 11.4 Å². The molecule has 0 bridgehead atoms. The number of hydrogen-bond donors (Lipinski definition) is 2. The Bertz CT molecular complexity index is 468. The van der Waals surface area contributed by atoms with Gasteiger partial charge in [0.25, 0.3) is 0 Å². The number of aliphatic imine (C=N–C) groups is 1. The SMILES string of the molecule is CSC(=Nc1c(O)ccc(Br)c1C)NC#N. The molecule has 1 rings (SSSR count). The monoisotopic (exact) mass is 299 g/mol. The van der Waals surface area contributed by atoms with E-state index in [1.165, 1.54) is 11.8 Å². The first-order valence-corrected chi connectivity index (χ1v) is 6.37. The second-order valence-corrected chi connectivity index (χ2v) is 4.55. The molecule has 0 aliphatic heterocycles. The van der Waals surface area contributed by atoms with Crippen molar-refractivity contribution in [3.05, 3.63) is 22.2 Å². The molecule has 16 heavy (non-hydrogen) atoms. The molecule has 0 radical (unpaired) electrons. The molecule has 4 nitrogen and oxygen atoms in total. The minimum Gasteiger partial charge on any atom is -0.506 e. The van der Waals surface area contributed by atoms with E-state index >= 15 is 0 Å². The maximum atomic E-state index is 9.68. The molecular formula is C10H10BrN3OS. The molecule has 6 heteroatoms. The van der Waals surface area contributed by atoms with E-state index in [0.29, 0.717) is 10.9 Å². The summed E-state index contributed by atoms with van der Waals surface area (Å²) in [5, 5.41) is 21.1. The van der Waals surface area contributed by atoms with E-state index in [1.54, 1.807) is 24.6 Å². The Balaban J connectivity index is 3.23. The molecule has 84 valence electrons. The molecule has 0 aliphatic carbocycles. The molecule has 1 aromatic carbocycles. The van der Waals surface area contributed by atoms with Crippen molar-refractivity contribution in [2.24, 2.45) is 4.99 Å². The van der Waals surface area contributed by atoms with Gasteiger partial charge in [-0.3, -0.25) is 5.32 Å². The number of nitriles is 1. The van der Waals surface area contributed by atoms with Crippen LogP contribution < -0.4 is 5.32 Å². The van der Waals surface area contributed by atoms with Crippen molar-refractivity contribution in [3.8, 4) is 11.9 Å². The molecule has 0 fully saturated rings. The Morgan fingerprint density at radius 2 is 2.31 bits per heavy atom. The fourth-order valence-corrected chi connectivity index (χ4v) is 1.73. The van der Waals surface area contributed by atoms with Crippen LogP contribution in [-0.2, 0) is 0 Å². The van der Waals surface area contributed by atoms with Gasteiger partial charge in [-0.2, -0.15) is 5.26 Å². The van der Waals surface area contributed by atoms with Crippen LogP contribution in [0.3, 0.4) is 0 Å². The molecular weight excluding hydrogens is 290 g/mol. The van der Waals surface area contributed by atoms with Gasteiger partial charge in [-0.05, 0) is 30.9 Å². The van der Waals surface area contributed by atoms with E-state index in [-0.39, 0.29) is 5.75 Å². The van der Waals surface area contributed by atoms with Crippen molar-refractivity contribution in [2.75, 3.05) is 6.26 Å². The lowest BCUT2D eigenvalue weighted by Gasteiger charge is -2.07. The summed E-state index contributed by atoms with van der Waals surface area (Å²) in [7, 11) is 0. The Morgan fingerprint density at radius 3 is 2.88 bits per heavy atom. The lowest BCUT2D eigenvalue weighted by molar-refractivity contribution is 0.476. The zero-order valence-corrected chi connectivity index (χ0v) is 11.2. The number of phenolic OH excluding ortho intramolecular Hbond substituents is 1. The van der Waals surface area contributed by atoms with Crippen LogP contribution in [0.25, 0.3) is 0 Å². The van der Waals surface area contributed by atoms with Crippen molar-refractivity contribution in [1.82, 2.24) is 5.32 Å². The second-order valence-electron chi connectivity index (χ2n) is 2.90. The highest BCUT2D eigenvalue weighted by Gasteiger charge is 2.08. The van der Waals surface area contributed by atoms with E-state index in [1.807, 2.05) is 6.92 Å². The Hall–Kier alpha value is -1.19. The maximum absolute atomic E-state index is 9.68. The third-order valence-electron chi connectivity index (χ3n) is 1.91. The van der Waals surface area contributed by atoms with E-state index < -0.39 is 0 Å². The van der Waals surface area contributed by atoms with Crippen molar-refractivity contribution in [2.45, 2.75) is 6.92 Å². The van der Waals surface area contributed by atoms with Crippen LogP contribution in [0, 0.1) is 18.4 Å². The number of thioether (sulfide) groups is 1. The normalized spacial score (nSPS) is 11.0. The Labute approximate surface area is 107 Å². The highest BCUT2D eigenvalue weighted by molar-refractivity contribution is 9.10. The second kappa shape index (κ2) is 5.77. The quantitative estimate of drug-likeness (QED) is 0.362. The summed E-state index contributed by atoms with van der Waals surface area (Å²) in [4.78, 5) is 4.19. The lowest BCUT2D eigenvalue weighted by atomic mass is 10.2. The molecule has 0 aromatic heterocycles. The molecule has 0 amide bonds. The van der Waals surface area contributed by atoms with E-state index in [4.69, 9.17) is 5.26 Å². The number of nitrogens with one attached hydrogen (secondary N) is 1. The summed E-state index contributed by atoms with van der Waals surface area (Å²) in [6.45, 7) is 1.84. The molecule has 2 N–H and O–H groups in total. The molecule has 0 heterocycles. The molecule has 1 aromatic rings. The maximum Gasteiger partial charge on any atom is 0.183 e. The first kappa shape index (κ1) is 12.9. The Morgan fingerprint density at radius 1 is 1.62 bits per heavy atom. The summed E-state index contributed by atoms with van der Waals surface area (Å²) in [5.74, 6) is 0.0898. The highest BCUT2D eigenvalue weighted by atomic mass is 79.9. The number of nitrogens with zero attached hydrogens (tertiary/aromatic N) is 2. The summed E-state index contributed by atoms with van der Waals surface area (Å²) in [6.07, 6.45) is 3.60. The first-order chi connectivity index (χ1) is 7.60. The first-order valence-electron chi connectivity index (χ1n) is 4.36. The Kier molecular flexibility index (Phi) is 4.65. The van der Waals surface area contributed by atoms with Gasteiger partial charge in [0.2, 0.25) is 0 Å². The molecule has 0 aliphatic rings. The minimum absolute atomic E-state index is 0.0898. The fraction of sp³-hybridized carbons (Fsp3) is 0.200. The lowest BCUT2D eigenvalue weighted by Crippen LogP contribution is -2.12. The molecule has 0 saturated carbocycles. The molecule has 0 atom stereocenters. The number of halogens is 1. The van der Waals surface area contributed by atoms with Crippen molar-refractivity contribution < 1.29 is 5.11 Å². The number of amidine groups is 1. The average molecular weight is 300 g/mol. The number of hydrogen-bond acceptors (Lipinski definition) is 4. The standard InChI is InChI=1S/C10H10BrN3OS/c1-6-7(11)3-4-8(15)9(6)14-10(16-2)13-5-12/h3-4,15H,1-2H3,(H,13,14). The number of benzene rings is 1. The summed E-state index contributed by atoms with van der Waals surface area (Å²) in [5.41, 5.74) is 1.28. The number of aromatic hydroxyl groups is 1. The van der Waals surface area contributed by atoms with Crippen LogP contribution in [0.4, 0.5) is 5.69 Å². The van der Waals surface area contributed by atoms with Gasteiger partial charge in [0.05, 0.1) is 0 Å². The van der Waals surface area contributed by atoms with Crippen LogP contribution in [0.15, 0.2) is 21.6 Å². The highest BCUT2D eigenvalue weighted by Crippen LogP contribution is 2.35. The predicted octanol–water partition coefficient (Wildman–Crippen LogP) is 2.88. The van der Waals surface area contributed by atoms with Gasteiger partial charge < -0.3 is 5.11 Å². The van der Waals surface area contributed by atoms with Crippen molar-refractivity contribution in [3.63, 3.8) is 0 Å². The molecule has 0 unspecified atom stereocenters. The topological polar surface area (TPSA) is 68.4 Å². The third-order valence-corrected chi connectivity index (χ3v) is 3.35. The van der Waals surface area contributed by atoms with Gasteiger partial charge in [0, 0.05) is 4.47 Å². The summed E-state index contributed by atoms with van der Waals surface area (Å²) in [6, 6.07) is 3.31. The van der Waals surface area contributed by atoms with Crippen LogP contribution >= 0.6 is 27.7 Å². The predicted molar refractivity (Wildman–Crippen MR) is 69.9 cm³/mol. The number of rotatable bonds is 1. The van der Waals surface area contributed by atoms with Gasteiger partial charge in [-0.1, -0.05) is 27.7 Å². The molecule has 0 saturated heterocycles. The van der Waals surface area contributed by atoms with Crippen LogP contribution in [0.2, 0.25) is 0 Å². The minimum atomic E-state index is 0.0898. The van der Waals surface area contributed by atoms with Crippen LogP contribution in [0.1, 0.15) is 5.56 Å². The average Bonchev–Trinajstić information content (AvgIpc) is 2.28. The van der Waals surface area contributed by atoms with E-state index in [2.05, 4.69) is 26.2 Å². The number of phenols is 1. The largest absolute Gasteiger partial charge is 0.506 e. The summed E-state index contributed by atoms with van der Waals surface area (Å²) >= 11 is 4.66. The van der Waals surface area contributed by atoms with Crippen LogP contribution in [-0.4, -0.2) is 16.5 Å². The van der Waals surface area contributed by atoms with Gasteiger partial charge in [-0.15, -0.1) is 0 Å². The van der Waals surface area contributed by atoms with Crippen LogP contribution in [0.5, 0.6) is 5.75 Å². The van der Waals surface area contributed by atoms with Gasteiger partial charge in [-0.25, -0.2) is 4.99 Å². The summed E-state index contributed by atoms with van der Waals surface area (Å²) < 4.78 is 0.862. The molecule has 0 spiro atoms. The zero-order chi connectivity index (χ0) is 12.1. The van der Waals surface area contributed by atoms with Crippen molar-refractivity contribution >= 4 is 38.5 Å². The smallest absolute Gasteiger partial charge is 0.183 e.